The van der Waals surface area contributed by atoms with E-state index >= 15 is 0 Å². The lowest BCUT2D eigenvalue weighted by Gasteiger charge is -2.29. The largest absolute Gasteiger partial charge is 0.508 e. The summed E-state index contributed by atoms with van der Waals surface area (Å²) in [6.45, 7) is 0.256. The van der Waals surface area contributed by atoms with Crippen LogP contribution >= 0.6 is 0 Å². The molecule has 2 N–H and O–H groups in total. The summed E-state index contributed by atoms with van der Waals surface area (Å²) in [7, 11) is 0. The summed E-state index contributed by atoms with van der Waals surface area (Å²) in [6, 6.07) is 6.33. The maximum atomic E-state index is 12.7. The van der Waals surface area contributed by atoms with Gasteiger partial charge < -0.3 is 10.4 Å². The summed E-state index contributed by atoms with van der Waals surface area (Å²) >= 11 is 0. The number of carbonyl (C=O) groups is 1. The van der Waals surface area contributed by atoms with Crippen molar-refractivity contribution in [2.24, 2.45) is 11.8 Å². The van der Waals surface area contributed by atoms with Crippen LogP contribution in [-0.2, 0) is 11.3 Å². The van der Waals surface area contributed by atoms with E-state index in [9.17, 15) is 18.0 Å². The molecule has 2 atom stereocenters. The molecular formula is C15H18F3NO2. The molecule has 1 aromatic rings. The van der Waals surface area contributed by atoms with E-state index in [4.69, 9.17) is 5.11 Å². The van der Waals surface area contributed by atoms with Crippen LogP contribution in [0.1, 0.15) is 31.2 Å². The van der Waals surface area contributed by atoms with E-state index < -0.39 is 18.0 Å². The van der Waals surface area contributed by atoms with Crippen LogP contribution in [0.4, 0.5) is 13.2 Å². The van der Waals surface area contributed by atoms with Crippen LogP contribution in [0.25, 0.3) is 0 Å². The number of nitrogens with one attached hydrogen (secondary N) is 1. The molecule has 1 aliphatic rings. The molecule has 6 heteroatoms. The first-order valence-electron chi connectivity index (χ1n) is 6.98. The Hall–Kier alpha value is -1.72. The Morgan fingerprint density at radius 1 is 1.24 bits per heavy atom. The second kappa shape index (κ2) is 6.37. The molecule has 0 heterocycles. The topological polar surface area (TPSA) is 49.3 Å². The number of hydrogen-bond acceptors (Lipinski definition) is 2. The molecule has 1 aromatic carbocycles. The highest BCUT2D eigenvalue weighted by Gasteiger charge is 2.43. The first kappa shape index (κ1) is 15.7. The lowest BCUT2D eigenvalue weighted by molar-refractivity contribution is -0.186. The van der Waals surface area contributed by atoms with E-state index in [1.54, 1.807) is 12.1 Å². The zero-order valence-corrected chi connectivity index (χ0v) is 11.5. The average Bonchev–Trinajstić information content (AvgIpc) is 2.45. The fraction of sp³-hybridized carbons (Fsp3) is 0.533. The summed E-state index contributed by atoms with van der Waals surface area (Å²) in [5.41, 5.74) is 0.796. The van der Waals surface area contributed by atoms with Crippen LogP contribution in [0.15, 0.2) is 24.3 Å². The molecule has 3 nitrogen and oxygen atoms in total. The number of carbonyl (C=O) groups excluding carboxylic acids is 1. The molecule has 0 aliphatic heterocycles. The Labute approximate surface area is 121 Å². The van der Waals surface area contributed by atoms with Gasteiger partial charge in [-0.05, 0) is 37.0 Å². The molecule has 1 aliphatic carbocycles. The summed E-state index contributed by atoms with van der Waals surface area (Å²) < 4.78 is 38.1. The zero-order chi connectivity index (χ0) is 15.5. The predicted octanol–water partition coefficient (Wildman–Crippen LogP) is 3.38. The predicted molar refractivity (Wildman–Crippen MR) is 71.5 cm³/mol. The second-order valence-corrected chi connectivity index (χ2v) is 5.49. The molecule has 1 fully saturated rings. The van der Waals surface area contributed by atoms with E-state index in [0.29, 0.717) is 12.8 Å². The standard InChI is InChI=1S/C15H18F3NO2/c16-15(17,18)12-3-1-2-11(8-12)14(21)19-9-10-4-6-13(20)7-5-10/h4-7,11-12,20H,1-3,8-9H2,(H,19,21). The first-order chi connectivity index (χ1) is 9.86. The van der Waals surface area contributed by atoms with Gasteiger partial charge in [0.25, 0.3) is 0 Å². The Bertz CT molecular complexity index is 485. The van der Waals surface area contributed by atoms with Gasteiger partial charge in [-0.3, -0.25) is 4.79 Å². The molecule has 2 unspecified atom stereocenters. The Morgan fingerprint density at radius 3 is 2.52 bits per heavy atom. The molecule has 116 valence electrons. The van der Waals surface area contributed by atoms with Gasteiger partial charge in [0.2, 0.25) is 5.91 Å². The third-order valence-corrected chi connectivity index (χ3v) is 3.91. The highest BCUT2D eigenvalue weighted by molar-refractivity contribution is 5.78. The van der Waals surface area contributed by atoms with Gasteiger partial charge in [-0.1, -0.05) is 18.6 Å². The number of rotatable bonds is 3. The van der Waals surface area contributed by atoms with Crippen molar-refractivity contribution in [3.8, 4) is 5.75 Å². The normalized spacial score (nSPS) is 22.8. The van der Waals surface area contributed by atoms with Crippen molar-refractivity contribution in [2.75, 3.05) is 0 Å². The maximum absolute atomic E-state index is 12.7. The van der Waals surface area contributed by atoms with Gasteiger partial charge in [0.15, 0.2) is 0 Å². The van der Waals surface area contributed by atoms with E-state index in [-0.39, 0.29) is 31.0 Å². The minimum atomic E-state index is -4.21. The molecular weight excluding hydrogens is 283 g/mol. The number of amides is 1. The highest BCUT2D eigenvalue weighted by atomic mass is 19.4. The lowest BCUT2D eigenvalue weighted by Crippen LogP contribution is -2.37. The van der Waals surface area contributed by atoms with Gasteiger partial charge in [0.05, 0.1) is 5.92 Å². The molecule has 0 spiro atoms. The Morgan fingerprint density at radius 2 is 1.90 bits per heavy atom. The minimum absolute atomic E-state index is 0.116. The average molecular weight is 301 g/mol. The van der Waals surface area contributed by atoms with E-state index in [1.165, 1.54) is 12.1 Å². The second-order valence-electron chi connectivity index (χ2n) is 5.49. The van der Waals surface area contributed by atoms with Crippen molar-refractivity contribution >= 4 is 5.91 Å². The van der Waals surface area contributed by atoms with E-state index in [2.05, 4.69) is 5.32 Å². The van der Waals surface area contributed by atoms with Crippen molar-refractivity contribution in [1.82, 2.24) is 5.32 Å². The van der Waals surface area contributed by atoms with E-state index in [0.717, 1.165) is 5.56 Å². The minimum Gasteiger partial charge on any atom is -0.508 e. The highest BCUT2D eigenvalue weighted by Crippen LogP contribution is 2.39. The number of benzene rings is 1. The quantitative estimate of drug-likeness (QED) is 0.899. The molecule has 2 rings (SSSR count). The van der Waals surface area contributed by atoms with Crippen molar-refractivity contribution in [2.45, 2.75) is 38.4 Å². The summed E-state index contributed by atoms with van der Waals surface area (Å²) in [5, 5.41) is 11.8. The third-order valence-electron chi connectivity index (χ3n) is 3.91. The lowest BCUT2D eigenvalue weighted by atomic mass is 9.80. The number of phenolic OH excluding ortho intramolecular Hbond substituents is 1. The van der Waals surface area contributed by atoms with Gasteiger partial charge >= 0.3 is 6.18 Å². The molecule has 0 radical (unpaired) electrons. The van der Waals surface area contributed by atoms with Crippen molar-refractivity contribution < 1.29 is 23.1 Å². The van der Waals surface area contributed by atoms with Crippen LogP contribution in [0.5, 0.6) is 5.75 Å². The van der Waals surface area contributed by atoms with Gasteiger partial charge in [-0.25, -0.2) is 0 Å². The molecule has 21 heavy (non-hydrogen) atoms. The number of halogens is 3. The maximum Gasteiger partial charge on any atom is 0.391 e. The van der Waals surface area contributed by atoms with Crippen LogP contribution in [0.3, 0.4) is 0 Å². The van der Waals surface area contributed by atoms with Gasteiger partial charge in [0.1, 0.15) is 5.75 Å². The van der Waals surface area contributed by atoms with Crippen molar-refractivity contribution in [1.29, 1.82) is 0 Å². The molecule has 1 amide bonds. The van der Waals surface area contributed by atoms with Crippen molar-refractivity contribution in [3.63, 3.8) is 0 Å². The van der Waals surface area contributed by atoms with Crippen LogP contribution in [-0.4, -0.2) is 17.2 Å². The fourth-order valence-corrected chi connectivity index (χ4v) is 2.67. The molecule has 0 aromatic heterocycles. The number of phenols is 1. The van der Waals surface area contributed by atoms with Crippen LogP contribution in [0, 0.1) is 11.8 Å². The van der Waals surface area contributed by atoms with Gasteiger partial charge in [-0.15, -0.1) is 0 Å². The summed E-state index contributed by atoms with van der Waals surface area (Å²) in [5.74, 6) is -2.12. The molecule has 0 bridgehead atoms. The first-order valence-corrected chi connectivity index (χ1v) is 6.98. The van der Waals surface area contributed by atoms with Crippen LogP contribution < -0.4 is 5.32 Å². The SMILES string of the molecule is O=C(NCc1ccc(O)cc1)C1CCCC(C(F)(F)F)C1. The van der Waals surface area contributed by atoms with Gasteiger partial charge in [0, 0.05) is 12.5 Å². The van der Waals surface area contributed by atoms with E-state index in [1.807, 2.05) is 0 Å². The number of aromatic hydroxyl groups is 1. The molecule has 1 saturated carbocycles. The monoisotopic (exact) mass is 301 g/mol. The van der Waals surface area contributed by atoms with Crippen LogP contribution in [0.2, 0.25) is 0 Å². The summed E-state index contributed by atoms with van der Waals surface area (Å²) in [4.78, 5) is 12.0. The number of alkyl halides is 3. The van der Waals surface area contributed by atoms with Crippen molar-refractivity contribution in [3.05, 3.63) is 29.8 Å². The third kappa shape index (κ3) is 4.37. The van der Waals surface area contributed by atoms with Gasteiger partial charge in [-0.2, -0.15) is 13.2 Å². The smallest absolute Gasteiger partial charge is 0.391 e. The fourth-order valence-electron chi connectivity index (χ4n) is 2.67. The Balaban J connectivity index is 1.86. The zero-order valence-electron chi connectivity index (χ0n) is 11.5. The summed E-state index contributed by atoms with van der Waals surface area (Å²) in [6.07, 6.45) is -3.28. The molecule has 0 saturated heterocycles. The number of hydrogen-bond donors (Lipinski definition) is 2. The Kier molecular flexibility index (Phi) is 4.75.